The van der Waals surface area contributed by atoms with Gasteiger partial charge in [0.05, 0.1) is 11.4 Å². The number of nitrogens with zero attached hydrogens (tertiary/aromatic N) is 2. The van der Waals surface area contributed by atoms with E-state index in [0.717, 1.165) is 34.8 Å². The van der Waals surface area contributed by atoms with E-state index in [0.29, 0.717) is 24.3 Å². The van der Waals surface area contributed by atoms with Gasteiger partial charge in [0, 0.05) is 17.2 Å². The first-order chi connectivity index (χ1) is 18.0. The Balaban J connectivity index is 1.35. The predicted octanol–water partition coefficient (Wildman–Crippen LogP) is 7.07. The third kappa shape index (κ3) is 4.79. The summed E-state index contributed by atoms with van der Waals surface area (Å²) in [6, 6.07) is 20.7. The molecule has 1 heterocycles. The second-order valence-electron chi connectivity index (χ2n) is 11.3. The molecule has 4 fully saturated rings. The van der Waals surface area contributed by atoms with E-state index in [1.165, 1.54) is 55.7 Å². The first kappa shape index (κ1) is 23.9. The molecule has 0 amide bonds. The Morgan fingerprint density at radius 2 is 1.68 bits per heavy atom. The Morgan fingerprint density at radius 3 is 2.27 bits per heavy atom. The van der Waals surface area contributed by atoms with Crippen LogP contribution in [0.15, 0.2) is 66.7 Å². The van der Waals surface area contributed by atoms with Gasteiger partial charge >= 0.3 is 5.97 Å². The average molecular weight is 495 g/mol. The molecule has 0 saturated heterocycles. The Bertz CT molecular complexity index is 1280. The fraction of sp³-hybridized carbons (Fsp3) is 0.406. The van der Waals surface area contributed by atoms with E-state index in [4.69, 9.17) is 9.84 Å². The number of hydrogen-bond donors (Lipinski definition) is 1. The lowest BCUT2D eigenvalue weighted by Gasteiger charge is -2.57. The Kier molecular flexibility index (Phi) is 6.31. The van der Waals surface area contributed by atoms with Crippen molar-refractivity contribution in [3.8, 4) is 17.0 Å². The van der Waals surface area contributed by atoms with E-state index in [1.807, 2.05) is 25.1 Å². The number of aliphatic carboxylic acids is 1. The third-order valence-corrected chi connectivity index (χ3v) is 8.79. The average Bonchev–Trinajstić information content (AvgIpc) is 2.90. The van der Waals surface area contributed by atoms with Gasteiger partial charge in [0.2, 0.25) is 0 Å². The molecule has 0 radical (unpaired) electrons. The number of benzene rings is 2. The highest BCUT2D eigenvalue weighted by Crippen LogP contribution is 2.62. The van der Waals surface area contributed by atoms with Gasteiger partial charge in [0.25, 0.3) is 0 Å². The Morgan fingerprint density at radius 1 is 0.973 bits per heavy atom. The summed E-state index contributed by atoms with van der Waals surface area (Å²) in [7, 11) is 0. The fourth-order valence-electron chi connectivity index (χ4n) is 7.57. The summed E-state index contributed by atoms with van der Waals surface area (Å²) in [5.74, 6) is 2.55. The van der Waals surface area contributed by atoms with Gasteiger partial charge in [-0.1, -0.05) is 37.3 Å². The number of carboxylic acids is 1. The standard InChI is InChI=1S/C32H34N2O3/c1-2-25(16-31(35)36)28-9-10-29(34-33-28)26-8-11-30(37-20-21-6-4-3-5-7-21)27(15-26)32-17-22-12-23(18-32)14-24(13-22)19-32/h3-11,15-16,22-24H,2,12-14,17-20H2,1H3,(H,35,36)/b25-16+. The van der Waals surface area contributed by atoms with E-state index in [2.05, 4.69) is 52.7 Å². The van der Waals surface area contributed by atoms with Gasteiger partial charge in [-0.15, -0.1) is 5.10 Å². The normalized spacial score (nSPS) is 26.3. The molecule has 4 saturated carbocycles. The van der Waals surface area contributed by atoms with Crippen molar-refractivity contribution in [1.29, 1.82) is 0 Å². The van der Waals surface area contributed by atoms with Crippen LogP contribution in [0.3, 0.4) is 0 Å². The number of allylic oxidation sites excluding steroid dienone is 1. The molecule has 37 heavy (non-hydrogen) atoms. The Labute approximate surface area is 218 Å². The van der Waals surface area contributed by atoms with Crippen LogP contribution in [-0.2, 0) is 16.8 Å². The summed E-state index contributed by atoms with van der Waals surface area (Å²) >= 11 is 0. The smallest absolute Gasteiger partial charge is 0.328 e. The molecule has 0 unspecified atom stereocenters. The maximum atomic E-state index is 11.2. The van der Waals surface area contributed by atoms with Crippen LogP contribution in [0.1, 0.15) is 68.7 Å². The molecular formula is C32H34N2O3. The van der Waals surface area contributed by atoms with E-state index in [1.54, 1.807) is 0 Å². The monoisotopic (exact) mass is 494 g/mol. The van der Waals surface area contributed by atoms with Gasteiger partial charge in [0.1, 0.15) is 12.4 Å². The van der Waals surface area contributed by atoms with Crippen molar-refractivity contribution in [3.63, 3.8) is 0 Å². The highest BCUT2D eigenvalue weighted by atomic mass is 16.5. The molecule has 5 nitrogen and oxygen atoms in total. The van der Waals surface area contributed by atoms with Crippen molar-refractivity contribution in [2.75, 3.05) is 0 Å². The van der Waals surface area contributed by atoms with E-state index < -0.39 is 5.97 Å². The molecule has 5 heteroatoms. The quantitative estimate of drug-likeness (QED) is 0.339. The van der Waals surface area contributed by atoms with E-state index in [9.17, 15) is 4.79 Å². The van der Waals surface area contributed by atoms with Crippen molar-refractivity contribution >= 4 is 11.5 Å². The number of aromatic nitrogens is 2. The molecule has 1 aromatic heterocycles. The second kappa shape index (κ2) is 9.77. The van der Waals surface area contributed by atoms with Crippen molar-refractivity contribution in [2.24, 2.45) is 17.8 Å². The van der Waals surface area contributed by atoms with Crippen LogP contribution in [0.2, 0.25) is 0 Å². The summed E-state index contributed by atoms with van der Waals surface area (Å²) in [5.41, 5.74) is 5.82. The minimum Gasteiger partial charge on any atom is -0.489 e. The topological polar surface area (TPSA) is 72.3 Å². The predicted molar refractivity (Wildman–Crippen MR) is 144 cm³/mol. The van der Waals surface area contributed by atoms with E-state index in [-0.39, 0.29) is 5.41 Å². The van der Waals surface area contributed by atoms with Crippen molar-refractivity contribution < 1.29 is 14.6 Å². The van der Waals surface area contributed by atoms with Gasteiger partial charge in [-0.2, -0.15) is 5.10 Å². The molecule has 4 aliphatic carbocycles. The molecule has 0 atom stereocenters. The molecule has 4 bridgehead atoms. The van der Waals surface area contributed by atoms with Gasteiger partial charge in [-0.25, -0.2) is 4.79 Å². The van der Waals surface area contributed by atoms with Crippen LogP contribution in [0.5, 0.6) is 5.75 Å². The minimum absolute atomic E-state index is 0.184. The maximum absolute atomic E-state index is 11.2. The number of rotatable bonds is 8. The maximum Gasteiger partial charge on any atom is 0.328 e. The van der Waals surface area contributed by atoms with Crippen LogP contribution < -0.4 is 4.74 Å². The van der Waals surface area contributed by atoms with Gasteiger partial charge in [-0.05, 0) is 110 Å². The number of carboxylic acid groups (broad SMARTS) is 1. The van der Waals surface area contributed by atoms with Crippen LogP contribution in [0.4, 0.5) is 0 Å². The zero-order valence-electron chi connectivity index (χ0n) is 21.4. The van der Waals surface area contributed by atoms with Crippen molar-refractivity contribution in [3.05, 3.63) is 83.6 Å². The first-order valence-corrected chi connectivity index (χ1v) is 13.6. The molecule has 0 aliphatic heterocycles. The third-order valence-electron chi connectivity index (χ3n) is 8.79. The molecule has 3 aromatic rings. The lowest BCUT2D eigenvalue weighted by Crippen LogP contribution is -2.48. The van der Waals surface area contributed by atoms with E-state index >= 15 is 0 Å². The van der Waals surface area contributed by atoms with Gasteiger partial charge < -0.3 is 9.84 Å². The van der Waals surface area contributed by atoms with Crippen LogP contribution in [-0.4, -0.2) is 21.3 Å². The second-order valence-corrected chi connectivity index (χ2v) is 11.3. The molecule has 4 aliphatic rings. The zero-order valence-corrected chi connectivity index (χ0v) is 21.4. The van der Waals surface area contributed by atoms with Crippen LogP contribution in [0.25, 0.3) is 16.8 Å². The van der Waals surface area contributed by atoms with Crippen molar-refractivity contribution in [1.82, 2.24) is 10.2 Å². The molecule has 2 aromatic carbocycles. The number of carbonyl (C=O) groups is 1. The lowest BCUT2D eigenvalue weighted by atomic mass is 9.48. The molecule has 0 spiro atoms. The summed E-state index contributed by atoms with van der Waals surface area (Å²) in [4.78, 5) is 11.2. The van der Waals surface area contributed by atoms with Crippen LogP contribution >= 0.6 is 0 Å². The highest BCUT2D eigenvalue weighted by molar-refractivity contribution is 5.89. The molecule has 7 rings (SSSR count). The van der Waals surface area contributed by atoms with Crippen molar-refractivity contribution in [2.45, 2.75) is 63.9 Å². The SMILES string of the molecule is CC/C(=C\C(=O)O)c1ccc(-c2ccc(OCc3ccccc3)c(C34CC5CC(CC(C5)C3)C4)c2)nn1. The highest BCUT2D eigenvalue weighted by Gasteiger charge is 2.52. The fourth-order valence-corrected chi connectivity index (χ4v) is 7.57. The lowest BCUT2D eigenvalue weighted by molar-refractivity contribution is -0.131. The molecule has 1 N–H and O–H groups in total. The number of ether oxygens (including phenoxy) is 1. The first-order valence-electron chi connectivity index (χ1n) is 13.6. The zero-order chi connectivity index (χ0) is 25.4. The molecule has 190 valence electrons. The Hall–Kier alpha value is -3.47. The minimum atomic E-state index is -0.964. The summed E-state index contributed by atoms with van der Waals surface area (Å²) < 4.78 is 6.51. The summed E-state index contributed by atoms with van der Waals surface area (Å²) in [5, 5.41) is 18.1. The molecular weight excluding hydrogens is 460 g/mol. The summed E-state index contributed by atoms with van der Waals surface area (Å²) in [6.07, 6.45) is 9.77. The largest absolute Gasteiger partial charge is 0.489 e. The number of hydrogen-bond acceptors (Lipinski definition) is 4. The van der Waals surface area contributed by atoms with Crippen LogP contribution in [0, 0.1) is 17.8 Å². The summed E-state index contributed by atoms with van der Waals surface area (Å²) in [6.45, 7) is 2.49. The van der Waals surface area contributed by atoms with Gasteiger partial charge in [-0.3, -0.25) is 0 Å². The van der Waals surface area contributed by atoms with Gasteiger partial charge in [0.15, 0.2) is 0 Å².